The van der Waals surface area contributed by atoms with Crippen molar-refractivity contribution in [2.45, 2.75) is 6.18 Å². The van der Waals surface area contributed by atoms with Crippen LogP contribution in [0.1, 0.15) is 10.4 Å². The van der Waals surface area contributed by atoms with Crippen LogP contribution in [0, 0.1) is 0 Å². The van der Waals surface area contributed by atoms with Crippen LogP contribution in [0.4, 0.5) is 13.2 Å². The predicted octanol–water partition coefficient (Wildman–Crippen LogP) is 4.10. The first kappa shape index (κ1) is 12.4. The molecule has 0 aromatic heterocycles. The molecule has 0 amide bonds. The van der Waals surface area contributed by atoms with Crippen molar-refractivity contribution in [2.75, 3.05) is 0 Å². The molecule has 0 bridgehead atoms. The lowest BCUT2D eigenvalue weighted by molar-refractivity contribution is -0.0884. The van der Waals surface area contributed by atoms with Crippen LogP contribution < -0.4 is 0 Å². The third kappa shape index (κ3) is 2.42. The molecule has 2 aromatic carbocycles. The van der Waals surface area contributed by atoms with E-state index in [-0.39, 0.29) is 5.56 Å². The molecule has 0 N–H and O–H groups in total. The maximum Gasteiger partial charge on any atom is 0.454 e. The summed E-state index contributed by atoms with van der Waals surface area (Å²) in [5.74, 6) is -1.82. The van der Waals surface area contributed by atoms with Crippen molar-refractivity contribution in [1.82, 2.24) is 0 Å². The first-order chi connectivity index (χ1) is 8.50. The van der Waals surface area contributed by atoms with Crippen LogP contribution in [0.15, 0.2) is 54.6 Å². The van der Waals surface area contributed by atoms with Crippen molar-refractivity contribution >= 4 is 5.78 Å². The molecular formula is C14H9F3O. The van der Waals surface area contributed by atoms with Gasteiger partial charge in [0.2, 0.25) is 0 Å². The van der Waals surface area contributed by atoms with Crippen LogP contribution in [0.25, 0.3) is 11.1 Å². The van der Waals surface area contributed by atoms with E-state index in [1.165, 1.54) is 18.2 Å². The fraction of sp³-hybridized carbons (Fsp3) is 0.0714. The molecule has 1 nitrogen and oxygen atoms in total. The summed E-state index contributed by atoms with van der Waals surface area (Å²) < 4.78 is 37.4. The molecule has 0 saturated heterocycles. The number of alkyl halides is 3. The first-order valence-corrected chi connectivity index (χ1v) is 5.26. The Hall–Kier alpha value is -2.10. The number of halogens is 3. The number of carbonyl (C=O) groups excluding carboxylic acids is 1. The summed E-state index contributed by atoms with van der Waals surface area (Å²) in [4.78, 5) is 11.3. The van der Waals surface area contributed by atoms with Crippen LogP contribution in [0.2, 0.25) is 0 Å². The van der Waals surface area contributed by atoms with E-state index in [9.17, 15) is 18.0 Å². The Morgan fingerprint density at radius 3 is 2.00 bits per heavy atom. The fourth-order valence-electron chi connectivity index (χ4n) is 1.70. The van der Waals surface area contributed by atoms with E-state index in [0.717, 1.165) is 0 Å². The van der Waals surface area contributed by atoms with E-state index < -0.39 is 12.0 Å². The van der Waals surface area contributed by atoms with Crippen LogP contribution in [-0.4, -0.2) is 12.0 Å². The van der Waals surface area contributed by atoms with E-state index in [1.54, 1.807) is 36.4 Å². The lowest BCUT2D eigenvalue weighted by Gasteiger charge is -2.10. The van der Waals surface area contributed by atoms with Crippen molar-refractivity contribution in [2.24, 2.45) is 0 Å². The molecule has 4 heteroatoms. The minimum atomic E-state index is -4.86. The Bertz CT molecular complexity index is 559. The Morgan fingerprint density at radius 2 is 1.39 bits per heavy atom. The smallest absolute Gasteiger partial charge is 0.284 e. The summed E-state index contributed by atoms with van der Waals surface area (Å²) in [6.45, 7) is 0. The molecule has 0 unspecified atom stereocenters. The van der Waals surface area contributed by atoms with Gasteiger partial charge in [0.25, 0.3) is 5.78 Å². The van der Waals surface area contributed by atoms with Gasteiger partial charge in [0.1, 0.15) is 0 Å². The highest BCUT2D eigenvalue weighted by atomic mass is 19.4. The Morgan fingerprint density at radius 1 is 0.833 bits per heavy atom. The number of hydrogen-bond donors (Lipinski definition) is 0. The van der Waals surface area contributed by atoms with Gasteiger partial charge < -0.3 is 0 Å². The zero-order valence-electron chi connectivity index (χ0n) is 9.24. The highest BCUT2D eigenvalue weighted by molar-refractivity contribution is 6.05. The second-order valence-electron chi connectivity index (χ2n) is 3.74. The summed E-state index contributed by atoms with van der Waals surface area (Å²) in [7, 11) is 0. The standard InChI is InChI=1S/C14H9F3O/c15-14(16,17)13(18)12-9-5-4-8-11(12)10-6-2-1-3-7-10/h1-9H. The predicted molar refractivity (Wildman–Crippen MR) is 62.3 cm³/mol. The third-order valence-corrected chi connectivity index (χ3v) is 2.51. The van der Waals surface area contributed by atoms with Gasteiger partial charge in [0, 0.05) is 5.56 Å². The highest BCUT2D eigenvalue weighted by Crippen LogP contribution is 2.29. The minimum absolute atomic E-state index is 0.292. The Kier molecular flexibility index (Phi) is 3.19. The van der Waals surface area contributed by atoms with Crippen LogP contribution >= 0.6 is 0 Å². The normalized spacial score (nSPS) is 11.3. The number of carbonyl (C=O) groups is 1. The van der Waals surface area contributed by atoms with E-state index in [1.807, 2.05) is 0 Å². The zero-order valence-corrected chi connectivity index (χ0v) is 9.24. The van der Waals surface area contributed by atoms with Crippen LogP contribution in [0.5, 0.6) is 0 Å². The first-order valence-electron chi connectivity index (χ1n) is 5.26. The second-order valence-corrected chi connectivity index (χ2v) is 3.74. The average molecular weight is 250 g/mol. The maximum atomic E-state index is 12.5. The summed E-state index contributed by atoms with van der Waals surface area (Å²) in [5, 5.41) is 0. The van der Waals surface area contributed by atoms with Gasteiger partial charge in [-0.2, -0.15) is 13.2 Å². The molecule has 0 fully saturated rings. The van der Waals surface area contributed by atoms with E-state index in [4.69, 9.17) is 0 Å². The van der Waals surface area contributed by atoms with Crippen molar-refractivity contribution in [3.05, 3.63) is 60.2 Å². The summed E-state index contributed by atoms with van der Waals surface area (Å²) in [6, 6.07) is 14.3. The topological polar surface area (TPSA) is 17.1 Å². The molecule has 0 aliphatic carbocycles. The van der Waals surface area contributed by atoms with Gasteiger partial charge >= 0.3 is 6.18 Å². The summed E-state index contributed by atoms with van der Waals surface area (Å²) >= 11 is 0. The zero-order chi connectivity index (χ0) is 13.2. The molecule has 0 spiro atoms. The van der Waals surface area contributed by atoms with Crippen molar-refractivity contribution in [1.29, 1.82) is 0 Å². The van der Waals surface area contributed by atoms with Crippen molar-refractivity contribution in [3.8, 4) is 11.1 Å². The number of benzene rings is 2. The lowest BCUT2D eigenvalue weighted by atomic mass is 9.97. The van der Waals surface area contributed by atoms with Gasteiger partial charge in [-0.05, 0) is 11.1 Å². The molecule has 2 rings (SSSR count). The van der Waals surface area contributed by atoms with Gasteiger partial charge in [0.15, 0.2) is 0 Å². The molecule has 2 aromatic rings. The van der Waals surface area contributed by atoms with Crippen molar-refractivity contribution in [3.63, 3.8) is 0 Å². The molecule has 0 atom stereocenters. The minimum Gasteiger partial charge on any atom is -0.284 e. The van der Waals surface area contributed by atoms with Gasteiger partial charge in [-0.3, -0.25) is 4.79 Å². The van der Waals surface area contributed by atoms with Crippen LogP contribution in [0.3, 0.4) is 0 Å². The van der Waals surface area contributed by atoms with Crippen molar-refractivity contribution < 1.29 is 18.0 Å². The second kappa shape index (κ2) is 4.64. The SMILES string of the molecule is O=C(c1ccccc1-c1ccccc1)C(F)(F)F. The quantitative estimate of drug-likeness (QED) is 0.733. The number of Topliss-reactive ketones (excluding diaryl/α,β-unsaturated/α-hetero) is 1. The molecule has 0 radical (unpaired) electrons. The van der Waals surface area contributed by atoms with E-state index in [0.29, 0.717) is 11.1 Å². The van der Waals surface area contributed by atoms with Gasteiger partial charge in [-0.15, -0.1) is 0 Å². The lowest BCUT2D eigenvalue weighted by Crippen LogP contribution is -2.23. The van der Waals surface area contributed by atoms with Gasteiger partial charge in [0.05, 0.1) is 0 Å². The van der Waals surface area contributed by atoms with Crippen LogP contribution in [-0.2, 0) is 0 Å². The number of rotatable bonds is 2. The number of ketones is 1. The van der Waals surface area contributed by atoms with Gasteiger partial charge in [-0.1, -0.05) is 54.6 Å². The Balaban J connectivity index is 2.54. The highest BCUT2D eigenvalue weighted by Gasteiger charge is 2.40. The Labute approximate surface area is 102 Å². The molecule has 0 saturated carbocycles. The van der Waals surface area contributed by atoms with Gasteiger partial charge in [-0.25, -0.2) is 0 Å². The molecule has 92 valence electrons. The summed E-state index contributed by atoms with van der Waals surface area (Å²) in [5.41, 5.74) is 0.558. The van der Waals surface area contributed by atoms with E-state index in [2.05, 4.69) is 0 Å². The molecule has 18 heavy (non-hydrogen) atoms. The molecule has 0 aliphatic heterocycles. The fourth-order valence-corrected chi connectivity index (χ4v) is 1.70. The number of hydrogen-bond acceptors (Lipinski definition) is 1. The summed E-state index contributed by atoms with van der Waals surface area (Å²) in [6.07, 6.45) is -4.86. The largest absolute Gasteiger partial charge is 0.454 e. The third-order valence-electron chi connectivity index (χ3n) is 2.51. The molecule has 0 aliphatic rings. The average Bonchev–Trinajstić information content (AvgIpc) is 2.38. The molecule has 0 heterocycles. The van der Waals surface area contributed by atoms with E-state index >= 15 is 0 Å². The molecular weight excluding hydrogens is 241 g/mol. The monoisotopic (exact) mass is 250 g/mol. The maximum absolute atomic E-state index is 12.5.